The molecule has 144 valence electrons. The molecule has 0 saturated heterocycles. The fourth-order valence-corrected chi connectivity index (χ4v) is 3.82. The van der Waals surface area contributed by atoms with E-state index >= 15 is 0 Å². The van der Waals surface area contributed by atoms with Crippen LogP contribution in [0.5, 0.6) is 0 Å². The third-order valence-electron chi connectivity index (χ3n) is 4.40. The van der Waals surface area contributed by atoms with Crippen LogP contribution in [0, 0.1) is 13.8 Å². The molecule has 0 atom stereocenters. The minimum Gasteiger partial charge on any atom is -0.444 e. The zero-order valence-corrected chi connectivity index (χ0v) is 18.8. The molecule has 2 N–H and O–H groups in total. The van der Waals surface area contributed by atoms with E-state index in [0.29, 0.717) is 12.4 Å². The molecule has 2 aromatic rings. The zero-order valence-electron chi connectivity index (χ0n) is 15.7. The van der Waals surface area contributed by atoms with E-state index in [-0.39, 0.29) is 24.0 Å². The van der Waals surface area contributed by atoms with Crippen LogP contribution >= 0.6 is 35.3 Å². The van der Waals surface area contributed by atoms with Crippen LogP contribution in [0.2, 0.25) is 0 Å². The molecule has 0 spiro atoms. The van der Waals surface area contributed by atoms with Crippen molar-refractivity contribution in [1.29, 1.82) is 0 Å². The van der Waals surface area contributed by atoms with Gasteiger partial charge in [-0.2, -0.15) is 0 Å². The summed E-state index contributed by atoms with van der Waals surface area (Å²) in [6.45, 7) is 11.3. The van der Waals surface area contributed by atoms with Gasteiger partial charge in [-0.25, -0.2) is 9.98 Å². The first-order chi connectivity index (χ1) is 12.2. The molecule has 8 heteroatoms. The van der Waals surface area contributed by atoms with E-state index < -0.39 is 0 Å². The Balaban J connectivity index is 0.00000243. The van der Waals surface area contributed by atoms with E-state index in [1.54, 1.807) is 4.88 Å². The number of aromatic nitrogens is 1. The highest BCUT2D eigenvalue weighted by atomic mass is 127. The summed E-state index contributed by atoms with van der Waals surface area (Å²) in [5.74, 6) is 2.33. The average molecular weight is 489 g/mol. The number of fused-ring (bicyclic) bond motifs is 1. The minimum absolute atomic E-state index is 0. The first-order valence-electron chi connectivity index (χ1n) is 8.88. The second kappa shape index (κ2) is 10.3. The number of halogens is 1. The van der Waals surface area contributed by atoms with Gasteiger partial charge in [-0.3, -0.25) is 4.90 Å². The Morgan fingerprint density at radius 3 is 2.96 bits per heavy atom. The topological polar surface area (TPSA) is 65.7 Å². The van der Waals surface area contributed by atoms with E-state index in [2.05, 4.69) is 43.9 Å². The molecule has 26 heavy (non-hydrogen) atoms. The van der Waals surface area contributed by atoms with Crippen LogP contribution in [-0.4, -0.2) is 42.0 Å². The van der Waals surface area contributed by atoms with Crippen molar-refractivity contribution in [2.75, 3.05) is 26.2 Å². The first-order valence-corrected chi connectivity index (χ1v) is 9.76. The van der Waals surface area contributed by atoms with Gasteiger partial charge in [-0.1, -0.05) is 0 Å². The second-order valence-electron chi connectivity index (χ2n) is 6.27. The third kappa shape index (κ3) is 5.68. The number of nitrogens with one attached hydrogen (secondary N) is 2. The molecule has 0 saturated carbocycles. The Morgan fingerprint density at radius 2 is 2.23 bits per heavy atom. The highest BCUT2D eigenvalue weighted by Gasteiger charge is 2.16. The number of aryl methyl sites for hydroxylation is 2. The summed E-state index contributed by atoms with van der Waals surface area (Å²) in [4.78, 5) is 13.0. The van der Waals surface area contributed by atoms with Gasteiger partial charge in [0.25, 0.3) is 0 Å². The minimum atomic E-state index is 0. The molecule has 1 aliphatic heterocycles. The van der Waals surface area contributed by atoms with E-state index in [4.69, 9.17) is 4.42 Å². The molecule has 0 bridgehead atoms. The van der Waals surface area contributed by atoms with Crippen molar-refractivity contribution in [2.24, 2.45) is 4.99 Å². The maximum absolute atomic E-state index is 5.59. The van der Waals surface area contributed by atoms with Gasteiger partial charge in [-0.15, -0.1) is 35.3 Å². The van der Waals surface area contributed by atoms with E-state index in [1.165, 1.54) is 12.0 Å². The SMILES string of the molecule is CCNC(=NCc1nc(C)c(C)o1)NCCN1CCc2sccc2C1.I. The quantitative estimate of drug-likeness (QED) is 0.371. The highest BCUT2D eigenvalue weighted by Crippen LogP contribution is 2.23. The van der Waals surface area contributed by atoms with Crippen molar-refractivity contribution in [3.8, 4) is 0 Å². The molecule has 0 radical (unpaired) electrons. The summed E-state index contributed by atoms with van der Waals surface area (Å²) in [5, 5.41) is 8.89. The molecule has 0 amide bonds. The van der Waals surface area contributed by atoms with Crippen LogP contribution in [0.4, 0.5) is 0 Å². The summed E-state index contributed by atoms with van der Waals surface area (Å²) in [6, 6.07) is 2.26. The van der Waals surface area contributed by atoms with Crippen LogP contribution < -0.4 is 10.6 Å². The van der Waals surface area contributed by atoms with E-state index in [0.717, 1.165) is 50.1 Å². The molecule has 0 aromatic carbocycles. The van der Waals surface area contributed by atoms with Crippen LogP contribution in [0.15, 0.2) is 20.9 Å². The number of oxazole rings is 1. The van der Waals surface area contributed by atoms with Crippen molar-refractivity contribution in [2.45, 2.75) is 40.3 Å². The zero-order chi connectivity index (χ0) is 17.6. The number of guanidine groups is 1. The maximum atomic E-state index is 5.59. The normalized spacial score (nSPS) is 14.7. The molecular weight excluding hydrogens is 461 g/mol. The number of rotatable bonds is 6. The van der Waals surface area contributed by atoms with E-state index in [1.807, 2.05) is 25.2 Å². The predicted molar refractivity (Wildman–Crippen MR) is 118 cm³/mol. The lowest BCUT2D eigenvalue weighted by Gasteiger charge is -2.27. The van der Waals surface area contributed by atoms with Crippen molar-refractivity contribution in [3.63, 3.8) is 0 Å². The Labute approximate surface area is 176 Å². The van der Waals surface area contributed by atoms with Gasteiger partial charge in [0.2, 0.25) is 5.89 Å². The molecule has 0 unspecified atom stereocenters. The summed E-state index contributed by atoms with van der Waals surface area (Å²) >= 11 is 1.88. The molecular formula is C18H28IN5OS. The number of nitrogens with zero attached hydrogens (tertiary/aromatic N) is 3. The molecule has 0 aliphatic carbocycles. The van der Waals surface area contributed by atoms with Gasteiger partial charge in [0.15, 0.2) is 5.96 Å². The lowest BCUT2D eigenvalue weighted by Crippen LogP contribution is -2.42. The van der Waals surface area contributed by atoms with Crippen LogP contribution in [0.1, 0.15) is 34.7 Å². The molecule has 3 rings (SSSR count). The van der Waals surface area contributed by atoms with Gasteiger partial charge >= 0.3 is 0 Å². The largest absolute Gasteiger partial charge is 0.444 e. The van der Waals surface area contributed by atoms with Gasteiger partial charge in [0.1, 0.15) is 12.3 Å². The lowest BCUT2D eigenvalue weighted by molar-refractivity contribution is 0.260. The van der Waals surface area contributed by atoms with Gasteiger partial charge < -0.3 is 15.1 Å². The van der Waals surface area contributed by atoms with Crippen LogP contribution in [0.25, 0.3) is 0 Å². The summed E-state index contributed by atoms with van der Waals surface area (Å²) in [5.41, 5.74) is 2.42. The maximum Gasteiger partial charge on any atom is 0.216 e. The molecule has 3 heterocycles. The summed E-state index contributed by atoms with van der Waals surface area (Å²) in [6.07, 6.45) is 1.17. The fraction of sp³-hybridized carbons (Fsp3) is 0.556. The van der Waals surface area contributed by atoms with Gasteiger partial charge in [0.05, 0.1) is 5.69 Å². The Hall–Kier alpha value is -1.13. The van der Waals surface area contributed by atoms with Crippen molar-refractivity contribution in [1.82, 2.24) is 20.5 Å². The third-order valence-corrected chi connectivity index (χ3v) is 5.42. The smallest absolute Gasteiger partial charge is 0.216 e. The van der Waals surface area contributed by atoms with Gasteiger partial charge in [-0.05, 0) is 44.2 Å². The monoisotopic (exact) mass is 489 g/mol. The number of hydrogen-bond donors (Lipinski definition) is 2. The highest BCUT2D eigenvalue weighted by molar-refractivity contribution is 14.0. The van der Waals surface area contributed by atoms with Crippen molar-refractivity contribution in [3.05, 3.63) is 39.2 Å². The average Bonchev–Trinajstić information content (AvgIpc) is 3.19. The molecule has 1 aliphatic rings. The molecule has 2 aromatic heterocycles. The summed E-state index contributed by atoms with van der Waals surface area (Å²) < 4.78 is 5.59. The van der Waals surface area contributed by atoms with Gasteiger partial charge in [0, 0.05) is 37.6 Å². The van der Waals surface area contributed by atoms with Crippen LogP contribution in [-0.2, 0) is 19.5 Å². The molecule has 0 fully saturated rings. The van der Waals surface area contributed by atoms with E-state index in [9.17, 15) is 0 Å². The summed E-state index contributed by atoms with van der Waals surface area (Å²) in [7, 11) is 0. The Bertz CT molecular complexity index is 707. The Morgan fingerprint density at radius 1 is 1.38 bits per heavy atom. The van der Waals surface area contributed by atoms with Crippen LogP contribution in [0.3, 0.4) is 0 Å². The predicted octanol–water partition coefficient (Wildman–Crippen LogP) is 3.08. The molecule has 6 nitrogen and oxygen atoms in total. The number of aliphatic imine (C=N–C) groups is 1. The Kier molecular flexibility index (Phi) is 8.36. The second-order valence-corrected chi connectivity index (χ2v) is 7.27. The lowest BCUT2D eigenvalue weighted by atomic mass is 10.1. The van der Waals surface area contributed by atoms with Crippen molar-refractivity contribution < 1.29 is 4.42 Å². The number of thiophene rings is 1. The van der Waals surface area contributed by atoms with Crippen molar-refractivity contribution >= 4 is 41.3 Å². The fourth-order valence-electron chi connectivity index (χ4n) is 2.93. The first kappa shape index (κ1) is 21.2. The number of hydrogen-bond acceptors (Lipinski definition) is 5. The standard InChI is InChI=1S/C18H27N5OS.HI/c1-4-19-18(21-11-17-22-13(2)14(3)24-17)20-7-9-23-8-5-16-15(12-23)6-10-25-16;/h6,10H,4-5,7-9,11-12H2,1-3H3,(H2,19,20,21);1H.